The minimum Gasteiger partial charge on any atom is -0.336 e. The number of carbonyl (C=O) groups is 1. The molecule has 2 rings (SSSR count). The van der Waals surface area contributed by atoms with E-state index in [1.54, 1.807) is 0 Å². The fraction of sp³-hybridized carbons (Fsp3) is 0.933. The molecular weight excluding hydrogens is 274 g/mol. The minimum absolute atomic E-state index is 0. The van der Waals surface area contributed by atoms with Gasteiger partial charge in [0.05, 0.1) is 6.54 Å². The monoisotopic (exact) mass is 303 g/mol. The van der Waals surface area contributed by atoms with Crippen molar-refractivity contribution in [2.75, 3.05) is 26.7 Å². The van der Waals surface area contributed by atoms with E-state index >= 15 is 0 Å². The third-order valence-corrected chi connectivity index (χ3v) is 4.80. The van der Waals surface area contributed by atoms with Crippen LogP contribution >= 0.6 is 12.4 Å². The van der Waals surface area contributed by atoms with Crippen molar-refractivity contribution >= 4 is 18.3 Å². The van der Waals surface area contributed by atoms with E-state index in [1.807, 2.05) is 0 Å². The second kappa shape index (κ2) is 8.20. The second-order valence-electron chi connectivity index (χ2n) is 6.33. The lowest BCUT2D eigenvalue weighted by Gasteiger charge is -2.41. The molecule has 2 aliphatic rings. The van der Waals surface area contributed by atoms with Crippen molar-refractivity contribution in [1.82, 2.24) is 15.1 Å². The van der Waals surface area contributed by atoms with E-state index in [9.17, 15) is 4.79 Å². The zero-order valence-electron chi connectivity index (χ0n) is 13.1. The van der Waals surface area contributed by atoms with Crippen molar-refractivity contribution in [3.63, 3.8) is 0 Å². The molecule has 2 aliphatic heterocycles. The van der Waals surface area contributed by atoms with Gasteiger partial charge in [0, 0.05) is 18.1 Å². The second-order valence-corrected chi connectivity index (χ2v) is 6.33. The Morgan fingerprint density at radius 1 is 1.15 bits per heavy atom. The predicted molar refractivity (Wildman–Crippen MR) is 85.4 cm³/mol. The molecule has 0 saturated carbocycles. The van der Waals surface area contributed by atoms with Gasteiger partial charge >= 0.3 is 0 Å². The van der Waals surface area contributed by atoms with Gasteiger partial charge in [-0.15, -0.1) is 12.4 Å². The van der Waals surface area contributed by atoms with Crippen molar-refractivity contribution in [3.8, 4) is 0 Å². The van der Waals surface area contributed by atoms with Gasteiger partial charge in [0.2, 0.25) is 5.91 Å². The number of hydrogen-bond acceptors (Lipinski definition) is 3. The van der Waals surface area contributed by atoms with Crippen LogP contribution in [0.1, 0.15) is 46.0 Å². The maximum Gasteiger partial charge on any atom is 0.237 e. The van der Waals surface area contributed by atoms with Crippen LogP contribution in [-0.4, -0.2) is 60.5 Å². The smallest absolute Gasteiger partial charge is 0.237 e. The van der Waals surface area contributed by atoms with Gasteiger partial charge in [-0.05, 0) is 66.1 Å². The number of piperidine rings is 2. The summed E-state index contributed by atoms with van der Waals surface area (Å²) in [5, 5.41) is 3.38. The summed E-state index contributed by atoms with van der Waals surface area (Å²) < 4.78 is 0. The maximum atomic E-state index is 12.5. The van der Waals surface area contributed by atoms with E-state index < -0.39 is 0 Å². The number of halogens is 1. The molecule has 1 amide bonds. The van der Waals surface area contributed by atoms with Gasteiger partial charge in [-0.1, -0.05) is 0 Å². The number of rotatable bonds is 3. The summed E-state index contributed by atoms with van der Waals surface area (Å²) in [4.78, 5) is 16.9. The summed E-state index contributed by atoms with van der Waals surface area (Å²) in [7, 11) is 2.10. The number of hydrogen-bond donors (Lipinski definition) is 1. The molecule has 1 N–H and O–H groups in total. The van der Waals surface area contributed by atoms with Gasteiger partial charge in [-0.3, -0.25) is 9.69 Å². The summed E-state index contributed by atoms with van der Waals surface area (Å²) in [6, 6.07) is 1.40. The molecule has 0 bridgehead atoms. The molecule has 0 aromatic rings. The van der Waals surface area contributed by atoms with Gasteiger partial charge in [0.15, 0.2) is 0 Å². The van der Waals surface area contributed by atoms with E-state index in [2.05, 4.69) is 36.0 Å². The summed E-state index contributed by atoms with van der Waals surface area (Å²) in [5.41, 5.74) is 0. The molecular formula is C15H30ClN3O. The molecule has 2 saturated heterocycles. The lowest BCUT2D eigenvalue weighted by atomic mass is 9.97. The predicted octanol–water partition coefficient (Wildman–Crippen LogP) is 1.88. The van der Waals surface area contributed by atoms with Gasteiger partial charge in [0.25, 0.3) is 0 Å². The summed E-state index contributed by atoms with van der Waals surface area (Å²) >= 11 is 0. The molecule has 20 heavy (non-hydrogen) atoms. The van der Waals surface area contributed by atoms with Gasteiger partial charge in [-0.25, -0.2) is 0 Å². The molecule has 118 valence electrons. The van der Waals surface area contributed by atoms with E-state index in [4.69, 9.17) is 0 Å². The largest absolute Gasteiger partial charge is 0.336 e. The average molecular weight is 304 g/mol. The highest BCUT2D eigenvalue weighted by Gasteiger charge is 2.30. The number of likely N-dealkylation sites (N-methyl/N-ethyl adjacent to an activating group) is 1. The molecule has 2 fully saturated rings. The molecule has 2 atom stereocenters. The highest BCUT2D eigenvalue weighted by Crippen LogP contribution is 2.23. The Bertz CT molecular complexity index is 297. The number of amides is 1. The van der Waals surface area contributed by atoms with Gasteiger partial charge < -0.3 is 10.2 Å². The van der Waals surface area contributed by atoms with Crippen LogP contribution in [0, 0.1) is 0 Å². The van der Waals surface area contributed by atoms with Crippen molar-refractivity contribution in [1.29, 1.82) is 0 Å². The Morgan fingerprint density at radius 2 is 1.70 bits per heavy atom. The first-order valence-electron chi connectivity index (χ1n) is 7.81. The van der Waals surface area contributed by atoms with Crippen LogP contribution in [0.15, 0.2) is 0 Å². The average Bonchev–Trinajstić information content (AvgIpc) is 2.39. The third kappa shape index (κ3) is 4.34. The van der Waals surface area contributed by atoms with Crippen LogP contribution in [0.5, 0.6) is 0 Å². The molecule has 0 spiro atoms. The molecule has 4 nitrogen and oxygen atoms in total. The first kappa shape index (κ1) is 17.7. The molecule has 5 heteroatoms. The van der Waals surface area contributed by atoms with E-state index in [1.165, 1.54) is 6.42 Å². The Kier molecular flexibility index (Phi) is 7.27. The van der Waals surface area contributed by atoms with Crippen LogP contribution in [0.2, 0.25) is 0 Å². The fourth-order valence-electron chi connectivity index (χ4n) is 3.58. The Labute approximate surface area is 129 Å². The fourth-order valence-corrected chi connectivity index (χ4v) is 3.58. The normalized spacial score (nSPS) is 28.3. The first-order chi connectivity index (χ1) is 9.09. The highest BCUT2D eigenvalue weighted by molar-refractivity contribution is 5.85. The number of carbonyl (C=O) groups excluding carboxylic acids is 1. The number of nitrogens with one attached hydrogen (secondary N) is 1. The zero-order valence-corrected chi connectivity index (χ0v) is 13.9. The number of likely N-dealkylation sites (tertiary alicyclic amines) is 1. The SMILES string of the molecule is CC1CCCC(C)N1C(=O)CN(C)C1CCNCC1.Cl. The van der Waals surface area contributed by atoms with Crippen LogP contribution in [0.4, 0.5) is 0 Å². The Hall–Kier alpha value is -0.320. The molecule has 2 unspecified atom stereocenters. The van der Waals surface area contributed by atoms with Crippen molar-refractivity contribution < 1.29 is 4.79 Å². The number of nitrogens with zero attached hydrogens (tertiary/aromatic N) is 2. The van der Waals surface area contributed by atoms with Crippen LogP contribution in [0.25, 0.3) is 0 Å². The topological polar surface area (TPSA) is 35.6 Å². The van der Waals surface area contributed by atoms with Gasteiger partial charge in [-0.2, -0.15) is 0 Å². The van der Waals surface area contributed by atoms with E-state index in [0.717, 1.165) is 38.8 Å². The minimum atomic E-state index is 0. The van der Waals surface area contributed by atoms with E-state index in [0.29, 0.717) is 30.6 Å². The molecule has 0 radical (unpaired) electrons. The zero-order chi connectivity index (χ0) is 13.8. The van der Waals surface area contributed by atoms with Crippen molar-refractivity contribution in [2.45, 2.75) is 64.1 Å². The molecule has 0 aliphatic carbocycles. The highest BCUT2D eigenvalue weighted by atomic mass is 35.5. The summed E-state index contributed by atoms with van der Waals surface area (Å²) in [6.45, 7) is 7.13. The Morgan fingerprint density at radius 3 is 2.25 bits per heavy atom. The maximum absolute atomic E-state index is 12.5. The molecule has 2 heterocycles. The lowest BCUT2D eigenvalue weighted by molar-refractivity contribution is -0.138. The van der Waals surface area contributed by atoms with Crippen molar-refractivity contribution in [3.05, 3.63) is 0 Å². The third-order valence-electron chi connectivity index (χ3n) is 4.80. The Balaban J connectivity index is 0.00000200. The summed E-state index contributed by atoms with van der Waals surface area (Å²) in [6.07, 6.45) is 5.90. The van der Waals surface area contributed by atoms with E-state index in [-0.39, 0.29) is 12.4 Å². The molecule has 0 aromatic carbocycles. The van der Waals surface area contributed by atoms with Crippen LogP contribution in [-0.2, 0) is 4.79 Å². The summed E-state index contributed by atoms with van der Waals surface area (Å²) in [5.74, 6) is 0.320. The van der Waals surface area contributed by atoms with Crippen molar-refractivity contribution in [2.24, 2.45) is 0 Å². The van der Waals surface area contributed by atoms with Crippen LogP contribution in [0.3, 0.4) is 0 Å². The standard InChI is InChI=1S/C15H29N3O.ClH/c1-12-5-4-6-13(2)18(12)15(19)11-17(3)14-7-9-16-10-8-14;/h12-14,16H,4-11H2,1-3H3;1H. The van der Waals surface area contributed by atoms with Crippen LogP contribution < -0.4 is 5.32 Å². The van der Waals surface area contributed by atoms with Gasteiger partial charge in [0.1, 0.15) is 0 Å². The lowest BCUT2D eigenvalue weighted by Crippen LogP contribution is -2.52. The molecule has 0 aromatic heterocycles. The first-order valence-corrected chi connectivity index (χ1v) is 7.81. The quantitative estimate of drug-likeness (QED) is 0.865.